The van der Waals surface area contributed by atoms with Gasteiger partial charge >= 0.3 is 6.03 Å². The Hall–Kier alpha value is -6.20. The maximum Gasteiger partial charge on any atom is 0.315 e. The van der Waals surface area contributed by atoms with E-state index in [0.29, 0.717) is 113 Å². The molecular formula is C49H68ClN11O10S. The average molecular weight is 1040 g/mol. The van der Waals surface area contributed by atoms with Crippen LogP contribution in [-0.2, 0) is 33.4 Å². The molecule has 3 atom stereocenters. The van der Waals surface area contributed by atoms with Gasteiger partial charge in [0.2, 0.25) is 29.6 Å². The van der Waals surface area contributed by atoms with Gasteiger partial charge in [0.1, 0.15) is 10.8 Å². The fourth-order valence-corrected chi connectivity index (χ4v) is 9.23. The Labute approximate surface area is 429 Å². The van der Waals surface area contributed by atoms with Gasteiger partial charge in [0.15, 0.2) is 5.82 Å². The number of primary amides is 1. The van der Waals surface area contributed by atoms with Gasteiger partial charge in [-0.3, -0.25) is 24.0 Å². The molecule has 7 amide bonds. The van der Waals surface area contributed by atoms with Crippen LogP contribution in [0, 0.1) is 6.92 Å². The number of thioether (sulfide) groups is 1. The summed E-state index contributed by atoms with van der Waals surface area (Å²) < 4.78 is 22.6. The maximum absolute atomic E-state index is 12.4. The molecule has 2 aromatic carbocycles. The van der Waals surface area contributed by atoms with E-state index >= 15 is 0 Å². The molecule has 2 saturated heterocycles. The third kappa shape index (κ3) is 20.1. The normalized spacial score (nSPS) is 15.6. The van der Waals surface area contributed by atoms with Crippen LogP contribution in [0.15, 0.2) is 55.3 Å². The number of para-hydroxylation sites is 2. The monoisotopic (exact) mass is 1040 g/mol. The van der Waals surface area contributed by atoms with Crippen molar-refractivity contribution in [2.24, 2.45) is 5.73 Å². The highest BCUT2D eigenvalue weighted by molar-refractivity contribution is 8.00. The number of unbranched alkanes of at least 4 members (excludes halogenated alkanes) is 1. The Bertz CT molecular complexity index is 2300. The number of aryl methyl sites for hydroxylation is 1. The number of ether oxygens (including phenoxy) is 4. The number of nitrogens with one attached hydrogen (secondary N) is 8. The number of carbonyl (C=O) groups excluding carboxylic acids is 6. The SMILES string of the molecule is C=CC(=O)Nc1ccccc1Nc1nc(Nc2cc(C(N)=O)c(OCCCNC(=O)CCCC(=O)NCCCOCCOCCOCCCNC(=O)CCCC[C@H]3SC[C@H]4NC(=O)N[C@H]43)cc2C)ncc1Cl. The first-order valence-corrected chi connectivity index (χ1v) is 25.7. The van der Waals surface area contributed by atoms with Crippen molar-refractivity contribution in [2.45, 2.75) is 88.5 Å². The number of hydrogen-bond acceptors (Lipinski definition) is 15. The second kappa shape index (κ2) is 31.3. The molecule has 392 valence electrons. The van der Waals surface area contributed by atoms with E-state index in [-0.39, 0.29) is 89.3 Å². The molecule has 2 aliphatic rings. The summed E-state index contributed by atoms with van der Waals surface area (Å²) in [6.45, 7) is 9.61. The second-order valence-electron chi connectivity index (χ2n) is 16.9. The first-order valence-electron chi connectivity index (χ1n) is 24.3. The molecule has 2 aliphatic heterocycles. The minimum atomic E-state index is -0.708. The van der Waals surface area contributed by atoms with Gasteiger partial charge in [-0.1, -0.05) is 36.7 Å². The van der Waals surface area contributed by atoms with E-state index in [1.807, 2.05) is 18.7 Å². The zero-order valence-electron chi connectivity index (χ0n) is 40.7. The summed E-state index contributed by atoms with van der Waals surface area (Å²) in [7, 11) is 0. The predicted molar refractivity (Wildman–Crippen MR) is 277 cm³/mol. The van der Waals surface area contributed by atoms with Crippen LogP contribution < -0.4 is 53.0 Å². The van der Waals surface area contributed by atoms with Crippen molar-refractivity contribution in [1.82, 2.24) is 36.6 Å². The number of fused-ring (bicyclic) bond motifs is 1. The first-order chi connectivity index (χ1) is 34.9. The van der Waals surface area contributed by atoms with Crippen molar-refractivity contribution in [3.8, 4) is 5.75 Å². The van der Waals surface area contributed by atoms with E-state index in [1.54, 1.807) is 36.4 Å². The Morgan fingerprint density at radius 3 is 2.04 bits per heavy atom. The van der Waals surface area contributed by atoms with Gasteiger partial charge < -0.3 is 67.2 Å². The Morgan fingerprint density at radius 2 is 1.40 bits per heavy atom. The zero-order valence-corrected chi connectivity index (χ0v) is 42.3. The fraction of sp³-hybridized carbons (Fsp3) is 0.510. The summed E-state index contributed by atoms with van der Waals surface area (Å²) in [6, 6.07) is 10.6. The van der Waals surface area contributed by atoms with Gasteiger partial charge in [0.25, 0.3) is 5.91 Å². The lowest BCUT2D eigenvalue weighted by molar-refractivity contribution is -0.123. The number of rotatable bonds is 35. The number of amides is 7. The Balaban J connectivity index is 0.822. The Morgan fingerprint density at radius 1 is 0.792 bits per heavy atom. The van der Waals surface area contributed by atoms with E-state index in [9.17, 15) is 28.8 Å². The molecule has 23 heteroatoms. The van der Waals surface area contributed by atoms with Crippen LogP contribution in [0.25, 0.3) is 0 Å². The molecular weight excluding hydrogens is 970 g/mol. The van der Waals surface area contributed by atoms with E-state index in [1.165, 1.54) is 6.20 Å². The average Bonchev–Trinajstić information content (AvgIpc) is 3.92. The summed E-state index contributed by atoms with van der Waals surface area (Å²) >= 11 is 8.29. The highest BCUT2D eigenvalue weighted by atomic mass is 35.5. The van der Waals surface area contributed by atoms with Crippen molar-refractivity contribution in [3.63, 3.8) is 0 Å². The summed E-state index contributed by atoms with van der Waals surface area (Å²) in [5, 5.41) is 24.1. The van der Waals surface area contributed by atoms with Gasteiger partial charge in [0.05, 0.1) is 68.3 Å². The van der Waals surface area contributed by atoms with Crippen LogP contribution in [0.5, 0.6) is 5.75 Å². The molecule has 10 N–H and O–H groups in total. The second-order valence-corrected chi connectivity index (χ2v) is 18.6. The minimum absolute atomic E-state index is 0.0524. The number of urea groups is 1. The lowest BCUT2D eigenvalue weighted by Crippen LogP contribution is -2.36. The standard InChI is InChI=1S/C49H68ClN11O10S/c1-3-41(62)56-35-12-4-5-13-36(35)57-47-34(50)30-55-48(61-47)58-37-29-33(46(51)66)39(28-32(37)2)71-23-11-20-54-44(65)17-8-16-43(64)53-19-10-22-69-25-27-70-26-24-68-21-9-18-52-42(63)15-7-6-14-40-45-38(31-72-40)59-49(67)60-45/h3-5,12-13,28-30,38,40,45H,1,6-11,14-27,31H2,2H3,(H2,51,66)(H,52,63)(H,53,64)(H,54,65)(H,56,62)(H2,59,60,67)(H2,55,57,58,61)/t38-,40-,45-/m1/s1. The molecule has 21 nitrogen and oxygen atoms in total. The third-order valence-corrected chi connectivity index (χ3v) is 13.1. The van der Waals surface area contributed by atoms with E-state index < -0.39 is 5.91 Å². The van der Waals surface area contributed by atoms with Gasteiger partial charge in [-0.2, -0.15) is 16.7 Å². The molecule has 0 spiro atoms. The van der Waals surface area contributed by atoms with Crippen LogP contribution in [0.1, 0.15) is 80.1 Å². The van der Waals surface area contributed by atoms with Crippen LogP contribution >= 0.6 is 23.4 Å². The molecule has 72 heavy (non-hydrogen) atoms. The molecule has 0 bridgehead atoms. The van der Waals surface area contributed by atoms with Gasteiger partial charge in [-0.25, -0.2) is 9.78 Å². The fourth-order valence-electron chi connectivity index (χ4n) is 7.55. The van der Waals surface area contributed by atoms with Gasteiger partial charge in [0, 0.05) is 68.8 Å². The molecule has 3 heterocycles. The van der Waals surface area contributed by atoms with Gasteiger partial charge in [-0.15, -0.1) is 0 Å². The number of aromatic nitrogens is 2. The topological polar surface area (TPSA) is 287 Å². The molecule has 0 saturated carbocycles. The molecule has 3 aromatic rings. The van der Waals surface area contributed by atoms with Crippen LogP contribution in [0.4, 0.5) is 33.6 Å². The van der Waals surface area contributed by atoms with Crippen molar-refractivity contribution in [2.75, 3.05) is 87.6 Å². The van der Waals surface area contributed by atoms with Crippen molar-refractivity contribution in [1.29, 1.82) is 0 Å². The van der Waals surface area contributed by atoms with Crippen molar-refractivity contribution < 1.29 is 47.7 Å². The Kier molecular flexibility index (Phi) is 24.7. The summed E-state index contributed by atoms with van der Waals surface area (Å²) in [4.78, 5) is 81.4. The third-order valence-electron chi connectivity index (χ3n) is 11.3. The van der Waals surface area contributed by atoms with Gasteiger partial charge in [-0.05, 0) is 81.4 Å². The summed E-state index contributed by atoms with van der Waals surface area (Å²) in [6.07, 6.45) is 8.50. The maximum atomic E-state index is 12.4. The summed E-state index contributed by atoms with van der Waals surface area (Å²) in [5.41, 5.74) is 8.07. The van der Waals surface area contributed by atoms with Crippen LogP contribution in [0.3, 0.4) is 0 Å². The number of halogens is 1. The van der Waals surface area contributed by atoms with Crippen molar-refractivity contribution >= 4 is 87.8 Å². The molecule has 5 rings (SSSR count). The zero-order chi connectivity index (χ0) is 51.5. The highest BCUT2D eigenvalue weighted by Crippen LogP contribution is 2.34. The first kappa shape index (κ1) is 56.7. The van der Waals surface area contributed by atoms with Crippen molar-refractivity contribution in [3.05, 3.63) is 71.4 Å². The molecule has 0 unspecified atom stereocenters. The largest absolute Gasteiger partial charge is 0.493 e. The van der Waals surface area contributed by atoms with E-state index in [4.69, 9.17) is 36.3 Å². The predicted octanol–water partition coefficient (Wildman–Crippen LogP) is 4.99. The number of anilines is 5. The molecule has 1 aromatic heterocycles. The van der Waals surface area contributed by atoms with Crippen LogP contribution in [-0.4, -0.2) is 135 Å². The van der Waals surface area contributed by atoms with E-state index in [2.05, 4.69) is 59.1 Å². The number of benzene rings is 2. The van der Waals surface area contributed by atoms with E-state index in [0.717, 1.165) is 37.5 Å². The number of hydrogen-bond donors (Lipinski definition) is 9. The summed E-state index contributed by atoms with van der Waals surface area (Å²) in [5.74, 6) is 0.298. The highest BCUT2D eigenvalue weighted by Gasteiger charge is 2.42. The number of nitrogens with zero attached hydrogens (tertiary/aromatic N) is 2. The molecule has 2 fully saturated rings. The molecule has 0 aliphatic carbocycles. The van der Waals surface area contributed by atoms with Crippen LogP contribution in [0.2, 0.25) is 5.02 Å². The lowest BCUT2D eigenvalue weighted by atomic mass is 10.0. The number of carbonyl (C=O) groups is 6. The smallest absolute Gasteiger partial charge is 0.315 e. The minimum Gasteiger partial charge on any atom is -0.493 e. The molecule has 0 radical (unpaired) electrons. The quantitative estimate of drug-likeness (QED) is 0.0213. The number of nitrogens with two attached hydrogens (primary N) is 1. The lowest BCUT2D eigenvalue weighted by Gasteiger charge is -2.16.